The predicted molar refractivity (Wildman–Crippen MR) is 93.1 cm³/mol. The van der Waals surface area contributed by atoms with Gasteiger partial charge in [0.05, 0.1) is 10.8 Å². The molecule has 1 N–H and O–H groups in total. The zero-order valence-electron chi connectivity index (χ0n) is 12.5. The van der Waals surface area contributed by atoms with Gasteiger partial charge in [-0.3, -0.25) is 4.21 Å². The van der Waals surface area contributed by atoms with Gasteiger partial charge in [0.2, 0.25) is 0 Å². The zero-order valence-corrected chi connectivity index (χ0v) is 14.9. The minimum absolute atomic E-state index is 0.0883. The molecule has 112 valence electrons. The Morgan fingerprint density at radius 3 is 2.57 bits per heavy atom. The summed E-state index contributed by atoms with van der Waals surface area (Å²) in [6.07, 6.45) is 0. The van der Waals surface area contributed by atoms with Crippen molar-refractivity contribution in [2.75, 3.05) is 12.8 Å². The Morgan fingerprint density at radius 2 is 1.95 bits per heavy atom. The van der Waals surface area contributed by atoms with Crippen molar-refractivity contribution in [3.8, 4) is 0 Å². The van der Waals surface area contributed by atoms with Gasteiger partial charge in [-0.2, -0.15) is 0 Å². The van der Waals surface area contributed by atoms with Crippen LogP contribution in [0.5, 0.6) is 0 Å². The summed E-state index contributed by atoms with van der Waals surface area (Å²) in [4.78, 5) is 0.856. The highest BCUT2D eigenvalue weighted by Gasteiger charge is 2.16. The molecule has 0 bridgehead atoms. The van der Waals surface area contributed by atoms with Crippen molar-refractivity contribution in [1.29, 1.82) is 0 Å². The first-order chi connectivity index (χ1) is 10.0. The van der Waals surface area contributed by atoms with E-state index >= 15 is 0 Å². The van der Waals surface area contributed by atoms with E-state index in [1.165, 1.54) is 16.7 Å². The van der Waals surface area contributed by atoms with E-state index in [1.54, 1.807) is 0 Å². The van der Waals surface area contributed by atoms with Crippen LogP contribution in [0.25, 0.3) is 0 Å². The SMILES string of the molecule is CNC(CS(=O)c1cccc(Br)c1)c1ccc(C)cc1C. The van der Waals surface area contributed by atoms with Gasteiger partial charge in [0.25, 0.3) is 0 Å². The highest BCUT2D eigenvalue weighted by molar-refractivity contribution is 9.10. The van der Waals surface area contributed by atoms with Crippen molar-refractivity contribution < 1.29 is 4.21 Å². The topological polar surface area (TPSA) is 29.1 Å². The number of halogens is 1. The van der Waals surface area contributed by atoms with Crippen molar-refractivity contribution in [2.45, 2.75) is 24.8 Å². The first kappa shape index (κ1) is 16.4. The van der Waals surface area contributed by atoms with E-state index in [0.29, 0.717) is 5.75 Å². The van der Waals surface area contributed by atoms with Gasteiger partial charge in [-0.25, -0.2) is 0 Å². The van der Waals surface area contributed by atoms with E-state index in [4.69, 9.17) is 0 Å². The molecule has 2 unspecified atom stereocenters. The Hall–Kier alpha value is -0.970. The molecule has 2 rings (SSSR count). The van der Waals surface area contributed by atoms with Gasteiger partial charge in [0, 0.05) is 21.2 Å². The first-order valence-electron chi connectivity index (χ1n) is 6.89. The Bertz CT molecular complexity index is 657. The molecule has 2 aromatic carbocycles. The maximum Gasteiger partial charge on any atom is 0.0549 e. The molecule has 0 amide bonds. The molecular weight excluding hydrogens is 346 g/mol. The number of hydrogen-bond acceptors (Lipinski definition) is 2. The average molecular weight is 366 g/mol. The lowest BCUT2D eigenvalue weighted by Gasteiger charge is -2.19. The van der Waals surface area contributed by atoms with Crippen molar-refractivity contribution in [2.24, 2.45) is 0 Å². The van der Waals surface area contributed by atoms with Gasteiger partial charge >= 0.3 is 0 Å². The summed E-state index contributed by atoms with van der Waals surface area (Å²) in [6.45, 7) is 4.19. The van der Waals surface area contributed by atoms with Gasteiger partial charge in [-0.05, 0) is 50.2 Å². The van der Waals surface area contributed by atoms with Gasteiger partial charge in [0.15, 0.2) is 0 Å². The van der Waals surface area contributed by atoms with Crippen molar-refractivity contribution >= 4 is 26.7 Å². The molecule has 0 aromatic heterocycles. The number of aryl methyl sites for hydroxylation is 2. The Balaban J connectivity index is 2.21. The number of rotatable bonds is 5. The van der Waals surface area contributed by atoms with Crippen LogP contribution in [-0.4, -0.2) is 17.0 Å². The van der Waals surface area contributed by atoms with Gasteiger partial charge < -0.3 is 5.32 Å². The van der Waals surface area contributed by atoms with Gasteiger partial charge in [-0.15, -0.1) is 0 Å². The number of benzene rings is 2. The van der Waals surface area contributed by atoms with Gasteiger partial charge in [-0.1, -0.05) is 45.8 Å². The lowest BCUT2D eigenvalue weighted by Crippen LogP contribution is -2.23. The Kier molecular flexibility index (Phi) is 5.73. The molecule has 4 heteroatoms. The molecule has 0 saturated carbocycles. The average Bonchev–Trinajstić information content (AvgIpc) is 2.45. The summed E-state index contributed by atoms with van der Waals surface area (Å²) >= 11 is 3.43. The molecule has 0 aliphatic rings. The van der Waals surface area contributed by atoms with E-state index in [9.17, 15) is 4.21 Å². The summed E-state index contributed by atoms with van der Waals surface area (Å²) < 4.78 is 13.5. The van der Waals surface area contributed by atoms with Crippen LogP contribution in [-0.2, 0) is 10.8 Å². The second-order valence-corrected chi connectivity index (χ2v) is 7.58. The summed E-state index contributed by atoms with van der Waals surface area (Å²) in [6, 6.07) is 14.2. The largest absolute Gasteiger partial charge is 0.312 e. The van der Waals surface area contributed by atoms with Crippen LogP contribution < -0.4 is 5.32 Å². The van der Waals surface area contributed by atoms with Crippen LogP contribution in [0, 0.1) is 13.8 Å². The smallest absolute Gasteiger partial charge is 0.0549 e. The van der Waals surface area contributed by atoms with Crippen LogP contribution in [0.1, 0.15) is 22.7 Å². The van der Waals surface area contributed by atoms with Crippen LogP contribution in [0.4, 0.5) is 0 Å². The molecule has 0 radical (unpaired) electrons. The molecule has 0 aliphatic heterocycles. The third-order valence-electron chi connectivity index (χ3n) is 3.53. The molecule has 2 aromatic rings. The fourth-order valence-corrected chi connectivity index (χ4v) is 4.28. The van der Waals surface area contributed by atoms with E-state index < -0.39 is 10.8 Å². The molecule has 0 spiro atoms. The van der Waals surface area contributed by atoms with Gasteiger partial charge in [0.1, 0.15) is 0 Å². The highest BCUT2D eigenvalue weighted by atomic mass is 79.9. The highest BCUT2D eigenvalue weighted by Crippen LogP contribution is 2.22. The van der Waals surface area contributed by atoms with E-state index in [2.05, 4.69) is 53.3 Å². The quantitative estimate of drug-likeness (QED) is 0.862. The second-order valence-electron chi connectivity index (χ2n) is 5.17. The van der Waals surface area contributed by atoms with Crippen LogP contribution in [0.15, 0.2) is 51.8 Å². The van der Waals surface area contributed by atoms with E-state index in [1.807, 2.05) is 31.3 Å². The van der Waals surface area contributed by atoms with Crippen LogP contribution in [0.3, 0.4) is 0 Å². The third-order valence-corrected chi connectivity index (χ3v) is 5.44. The summed E-state index contributed by atoms with van der Waals surface area (Å²) in [5.41, 5.74) is 3.70. The maximum absolute atomic E-state index is 12.6. The minimum Gasteiger partial charge on any atom is -0.312 e. The van der Waals surface area contributed by atoms with E-state index in [0.717, 1.165) is 9.37 Å². The lowest BCUT2D eigenvalue weighted by atomic mass is 10.0. The fraction of sp³-hybridized carbons (Fsp3) is 0.294. The number of nitrogens with one attached hydrogen (secondary N) is 1. The third kappa shape index (κ3) is 4.25. The normalized spacial score (nSPS) is 13.9. The predicted octanol–water partition coefficient (Wildman–Crippen LogP) is 4.13. The molecule has 2 atom stereocenters. The molecule has 0 heterocycles. The standard InChI is InChI=1S/C17H20BrNOS/c1-12-7-8-16(13(2)9-12)17(19-3)11-21(20)15-6-4-5-14(18)10-15/h4-10,17,19H,11H2,1-3H3. The van der Waals surface area contributed by atoms with Crippen molar-refractivity contribution in [3.63, 3.8) is 0 Å². The summed E-state index contributed by atoms with van der Waals surface area (Å²) in [7, 11) is 0.888. The minimum atomic E-state index is -1.03. The molecule has 2 nitrogen and oxygen atoms in total. The Morgan fingerprint density at radius 1 is 1.19 bits per heavy atom. The molecule has 0 aliphatic carbocycles. The maximum atomic E-state index is 12.6. The van der Waals surface area contributed by atoms with Crippen molar-refractivity contribution in [1.82, 2.24) is 5.32 Å². The molecule has 0 fully saturated rings. The molecule has 0 saturated heterocycles. The number of hydrogen-bond donors (Lipinski definition) is 1. The molecular formula is C17H20BrNOS. The van der Waals surface area contributed by atoms with Crippen LogP contribution in [0.2, 0.25) is 0 Å². The summed E-state index contributed by atoms with van der Waals surface area (Å²) in [5, 5.41) is 3.29. The monoisotopic (exact) mass is 365 g/mol. The Labute approximate surface area is 137 Å². The zero-order chi connectivity index (χ0) is 15.4. The van der Waals surface area contributed by atoms with Crippen LogP contribution >= 0.6 is 15.9 Å². The van der Waals surface area contributed by atoms with Crippen molar-refractivity contribution in [3.05, 3.63) is 63.6 Å². The summed E-state index contributed by atoms with van der Waals surface area (Å²) in [5.74, 6) is 0.566. The fourth-order valence-electron chi connectivity index (χ4n) is 2.40. The van der Waals surface area contributed by atoms with E-state index in [-0.39, 0.29) is 6.04 Å². The molecule has 21 heavy (non-hydrogen) atoms. The lowest BCUT2D eigenvalue weighted by molar-refractivity contribution is 0.633. The second kappa shape index (κ2) is 7.34. The first-order valence-corrected chi connectivity index (χ1v) is 9.01.